The van der Waals surface area contributed by atoms with Gasteiger partial charge in [0, 0.05) is 38.6 Å². The van der Waals surface area contributed by atoms with Gasteiger partial charge in [0.2, 0.25) is 0 Å². The van der Waals surface area contributed by atoms with Gasteiger partial charge in [-0.2, -0.15) is 0 Å². The normalized spacial score (nSPS) is 16.6. The second kappa shape index (κ2) is 11.7. The molecule has 2 atom stereocenters. The van der Waals surface area contributed by atoms with Crippen molar-refractivity contribution in [2.75, 3.05) is 39.3 Å². The van der Waals surface area contributed by atoms with Gasteiger partial charge in [0.1, 0.15) is 0 Å². The first-order chi connectivity index (χ1) is 14.7. The maximum absolute atomic E-state index is 10.5. The molecule has 0 aliphatic carbocycles. The Labute approximate surface area is 179 Å². The van der Waals surface area contributed by atoms with E-state index >= 15 is 0 Å². The molecule has 0 fully saturated rings. The van der Waals surface area contributed by atoms with E-state index in [1.165, 1.54) is 11.1 Å². The van der Waals surface area contributed by atoms with Crippen LogP contribution in [0.4, 0.5) is 0 Å². The highest BCUT2D eigenvalue weighted by atomic mass is 16.3. The molecule has 4 N–H and O–H groups in total. The van der Waals surface area contributed by atoms with Crippen LogP contribution < -0.4 is 10.6 Å². The minimum absolute atomic E-state index is 0.00611. The highest BCUT2D eigenvalue weighted by molar-refractivity contribution is 5.79. The second-order valence-electron chi connectivity index (χ2n) is 7.80. The topological polar surface area (TPSA) is 80.1 Å². The Hall–Kier alpha value is -2.41. The van der Waals surface area contributed by atoms with E-state index in [-0.39, 0.29) is 12.5 Å². The molecule has 0 amide bonds. The minimum atomic E-state index is -0.520. The van der Waals surface area contributed by atoms with Crippen molar-refractivity contribution in [2.24, 2.45) is 4.99 Å². The van der Waals surface area contributed by atoms with Crippen LogP contribution >= 0.6 is 0 Å². The van der Waals surface area contributed by atoms with Crippen LogP contribution in [0.2, 0.25) is 0 Å². The predicted molar refractivity (Wildman–Crippen MR) is 122 cm³/mol. The summed E-state index contributed by atoms with van der Waals surface area (Å²) in [5, 5.41) is 26.8. The lowest BCUT2D eigenvalue weighted by Gasteiger charge is -2.30. The van der Waals surface area contributed by atoms with Crippen LogP contribution in [0.25, 0.3) is 0 Å². The summed E-state index contributed by atoms with van der Waals surface area (Å²) in [6.45, 7) is 6.18. The number of rotatable bonds is 9. The molecule has 0 radical (unpaired) electrons. The summed E-state index contributed by atoms with van der Waals surface area (Å²) in [5.41, 5.74) is 3.86. The van der Waals surface area contributed by atoms with Crippen molar-refractivity contribution >= 4 is 5.96 Å². The van der Waals surface area contributed by atoms with Crippen LogP contribution in [0.1, 0.15) is 29.5 Å². The number of aliphatic hydroxyl groups excluding tert-OH is 2. The molecule has 1 aliphatic heterocycles. The summed E-state index contributed by atoms with van der Waals surface area (Å²) in [6.07, 6.45) is 0.506. The number of nitrogens with one attached hydrogen (secondary N) is 2. The third-order valence-corrected chi connectivity index (χ3v) is 5.49. The number of aliphatic imine (C=N–C) groups is 1. The van der Waals surface area contributed by atoms with Crippen molar-refractivity contribution in [1.29, 1.82) is 0 Å². The largest absolute Gasteiger partial charge is 0.396 e. The number of guanidine groups is 1. The fourth-order valence-corrected chi connectivity index (χ4v) is 3.84. The molecule has 0 saturated carbocycles. The predicted octanol–water partition coefficient (Wildman–Crippen LogP) is 1.74. The minimum Gasteiger partial charge on any atom is -0.396 e. The van der Waals surface area contributed by atoms with E-state index < -0.39 is 6.10 Å². The van der Waals surface area contributed by atoms with Crippen molar-refractivity contribution in [1.82, 2.24) is 15.5 Å². The first-order valence-corrected chi connectivity index (χ1v) is 10.8. The average Bonchev–Trinajstić information content (AvgIpc) is 2.78. The van der Waals surface area contributed by atoms with E-state index in [1.54, 1.807) is 0 Å². The molecule has 0 aromatic heterocycles. The number of hydrogen-bond donors (Lipinski definition) is 4. The standard InChI is InChI=1S/C24H34N4O2/c1-2-25-24(26-14-22(18-29)19-8-4-3-5-9-19)27-15-23(30)17-28-13-12-20-10-6-7-11-21(20)16-28/h3-11,22-23,29-30H,2,12-18H2,1H3,(H2,25,26,27). The van der Waals surface area contributed by atoms with E-state index in [9.17, 15) is 10.2 Å². The van der Waals surface area contributed by atoms with Gasteiger partial charge in [-0.05, 0) is 30.0 Å². The fraction of sp³-hybridized carbons (Fsp3) is 0.458. The SMILES string of the molecule is CCNC(=NCC(O)CN1CCc2ccccc2C1)NCC(CO)c1ccccc1. The number of benzene rings is 2. The Bertz CT molecular complexity index is 797. The van der Waals surface area contributed by atoms with Gasteiger partial charge in [-0.1, -0.05) is 54.6 Å². The smallest absolute Gasteiger partial charge is 0.191 e. The summed E-state index contributed by atoms with van der Waals surface area (Å²) >= 11 is 0. The molecular weight excluding hydrogens is 376 g/mol. The van der Waals surface area contributed by atoms with E-state index in [1.807, 2.05) is 37.3 Å². The molecular formula is C24H34N4O2. The first kappa shape index (κ1) is 22.3. The molecule has 1 aliphatic rings. The number of hydrogen-bond acceptors (Lipinski definition) is 4. The highest BCUT2D eigenvalue weighted by Crippen LogP contribution is 2.18. The Morgan fingerprint density at radius 3 is 2.53 bits per heavy atom. The first-order valence-electron chi connectivity index (χ1n) is 10.8. The molecule has 30 heavy (non-hydrogen) atoms. The van der Waals surface area contributed by atoms with Crippen molar-refractivity contribution in [3.05, 3.63) is 71.3 Å². The van der Waals surface area contributed by atoms with Gasteiger partial charge in [-0.25, -0.2) is 0 Å². The maximum atomic E-state index is 10.5. The van der Waals surface area contributed by atoms with E-state index in [0.29, 0.717) is 25.6 Å². The van der Waals surface area contributed by atoms with Gasteiger partial charge in [0.05, 0.1) is 19.3 Å². The third-order valence-electron chi connectivity index (χ3n) is 5.49. The van der Waals surface area contributed by atoms with Gasteiger partial charge in [0.15, 0.2) is 5.96 Å². The van der Waals surface area contributed by atoms with Crippen LogP contribution in [0.5, 0.6) is 0 Å². The Morgan fingerprint density at radius 1 is 1.07 bits per heavy atom. The molecule has 3 rings (SSSR count). The Kier molecular flexibility index (Phi) is 8.68. The molecule has 0 saturated heterocycles. The third kappa shape index (κ3) is 6.55. The van der Waals surface area contributed by atoms with Gasteiger partial charge in [0.25, 0.3) is 0 Å². The maximum Gasteiger partial charge on any atom is 0.191 e. The van der Waals surface area contributed by atoms with Gasteiger partial charge in [-0.15, -0.1) is 0 Å². The molecule has 2 aromatic rings. The van der Waals surface area contributed by atoms with Gasteiger partial charge >= 0.3 is 0 Å². The summed E-state index contributed by atoms with van der Waals surface area (Å²) in [5.74, 6) is 0.656. The quantitative estimate of drug-likeness (QED) is 0.374. The number of fused-ring (bicyclic) bond motifs is 1. The van der Waals surface area contributed by atoms with Crippen molar-refractivity contribution in [3.8, 4) is 0 Å². The zero-order valence-corrected chi connectivity index (χ0v) is 17.8. The van der Waals surface area contributed by atoms with Crippen molar-refractivity contribution in [2.45, 2.75) is 31.9 Å². The van der Waals surface area contributed by atoms with E-state index in [4.69, 9.17) is 0 Å². The van der Waals surface area contributed by atoms with E-state index in [2.05, 4.69) is 44.8 Å². The number of nitrogens with zero attached hydrogens (tertiary/aromatic N) is 2. The van der Waals surface area contributed by atoms with Crippen LogP contribution in [0.3, 0.4) is 0 Å². The zero-order valence-electron chi connectivity index (χ0n) is 17.8. The summed E-state index contributed by atoms with van der Waals surface area (Å²) in [7, 11) is 0. The summed E-state index contributed by atoms with van der Waals surface area (Å²) in [4.78, 5) is 6.85. The van der Waals surface area contributed by atoms with Crippen molar-refractivity contribution < 1.29 is 10.2 Å². The average molecular weight is 411 g/mol. The van der Waals surface area contributed by atoms with Gasteiger partial charge in [-0.3, -0.25) is 9.89 Å². The van der Waals surface area contributed by atoms with E-state index in [0.717, 1.165) is 31.6 Å². The number of aliphatic hydroxyl groups is 2. The molecule has 6 nitrogen and oxygen atoms in total. The van der Waals surface area contributed by atoms with Crippen LogP contribution in [0.15, 0.2) is 59.6 Å². The molecule has 2 unspecified atom stereocenters. The lowest BCUT2D eigenvalue weighted by molar-refractivity contribution is 0.111. The monoisotopic (exact) mass is 410 g/mol. The lowest BCUT2D eigenvalue weighted by Crippen LogP contribution is -2.41. The van der Waals surface area contributed by atoms with Gasteiger partial charge < -0.3 is 20.8 Å². The molecule has 6 heteroatoms. The summed E-state index contributed by atoms with van der Waals surface area (Å²) in [6, 6.07) is 18.5. The molecule has 2 aromatic carbocycles. The van der Waals surface area contributed by atoms with Crippen LogP contribution in [-0.4, -0.2) is 66.5 Å². The second-order valence-corrected chi connectivity index (χ2v) is 7.80. The summed E-state index contributed by atoms with van der Waals surface area (Å²) < 4.78 is 0. The highest BCUT2D eigenvalue weighted by Gasteiger charge is 2.18. The number of β-amino-alcohol motifs (C(OH)–C–C–N with tert-alkyl or cyclic N) is 1. The Balaban J connectivity index is 1.50. The zero-order chi connectivity index (χ0) is 21.2. The molecule has 0 bridgehead atoms. The molecule has 0 spiro atoms. The Morgan fingerprint density at radius 2 is 1.80 bits per heavy atom. The van der Waals surface area contributed by atoms with Crippen LogP contribution in [0, 0.1) is 0 Å². The van der Waals surface area contributed by atoms with Crippen LogP contribution in [-0.2, 0) is 13.0 Å². The fourth-order valence-electron chi connectivity index (χ4n) is 3.84. The van der Waals surface area contributed by atoms with Crippen molar-refractivity contribution in [3.63, 3.8) is 0 Å². The molecule has 1 heterocycles. The lowest BCUT2D eigenvalue weighted by atomic mass is 10.00. The molecule has 162 valence electrons.